The molecule has 25 heavy (non-hydrogen) atoms. The van der Waals surface area contributed by atoms with E-state index in [0.29, 0.717) is 17.7 Å². The molecule has 5 heteroatoms. The largest absolute Gasteiger partial charge is 0.504 e. The van der Waals surface area contributed by atoms with Gasteiger partial charge in [0.25, 0.3) is 0 Å². The van der Waals surface area contributed by atoms with Crippen molar-refractivity contribution in [3.8, 4) is 17.2 Å². The molecule has 0 radical (unpaired) electrons. The first-order valence-corrected chi connectivity index (χ1v) is 9.14. The molecule has 0 fully saturated rings. The SMILES string of the molecule is CCCCCCCCCCOc1c(O)c2cccc(OC)c2oc1=O. The standard InChI is InChI=1S/C20H28O5/c1-3-4-5-6-7-8-9-10-14-24-19-17(21)15-12-11-13-16(23-2)18(15)25-20(19)22/h11-13,21H,3-10,14H2,1-2H3. The third-order valence-corrected chi connectivity index (χ3v) is 4.29. The van der Waals surface area contributed by atoms with Crippen molar-refractivity contribution >= 4 is 11.0 Å². The van der Waals surface area contributed by atoms with Gasteiger partial charge < -0.3 is 19.0 Å². The van der Waals surface area contributed by atoms with Crippen LogP contribution in [0.4, 0.5) is 0 Å². The molecular weight excluding hydrogens is 320 g/mol. The number of ether oxygens (including phenoxy) is 2. The number of hydrogen-bond acceptors (Lipinski definition) is 5. The monoisotopic (exact) mass is 348 g/mol. The number of rotatable bonds is 11. The average Bonchev–Trinajstić information content (AvgIpc) is 2.62. The van der Waals surface area contributed by atoms with Crippen LogP contribution in [0.25, 0.3) is 11.0 Å². The van der Waals surface area contributed by atoms with Crippen molar-refractivity contribution in [2.45, 2.75) is 58.3 Å². The Hall–Kier alpha value is -2.17. The van der Waals surface area contributed by atoms with Gasteiger partial charge in [-0.15, -0.1) is 0 Å². The molecule has 0 saturated heterocycles. The summed E-state index contributed by atoms with van der Waals surface area (Å²) in [4.78, 5) is 12.1. The van der Waals surface area contributed by atoms with Crippen molar-refractivity contribution in [3.63, 3.8) is 0 Å². The summed E-state index contributed by atoms with van der Waals surface area (Å²) in [6.07, 6.45) is 9.48. The molecule has 1 heterocycles. The zero-order chi connectivity index (χ0) is 18.1. The van der Waals surface area contributed by atoms with Gasteiger partial charge in [0.15, 0.2) is 17.1 Å². The second-order valence-corrected chi connectivity index (χ2v) is 6.23. The van der Waals surface area contributed by atoms with Gasteiger partial charge in [-0.3, -0.25) is 0 Å². The second-order valence-electron chi connectivity index (χ2n) is 6.23. The van der Waals surface area contributed by atoms with E-state index in [9.17, 15) is 9.90 Å². The van der Waals surface area contributed by atoms with Crippen LogP contribution < -0.4 is 15.1 Å². The van der Waals surface area contributed by atoms with Crippen LogP contribution in [0.5, 0.6) is 17.2 Å². The van der Waals surface area contributed by atoms with Crippen LogP contribution in [-0.4, -0.2) is 18.8 Å². The van der Waals surface area contributed by atoms with Crippen molar-refractivity contribution in [3.05, 3.63) is 28.6 Å². The topological polar surface area (TPSA) is 68.9 Å². The Labute approximate surface area is 148 Å². The van der Waals surface area contributed by atoms with Gasteiger partial charge in [-0.05, 0) is 18.6 Å². The highest BCUT2D eigenvalue weighted by Gasteiger charge is 2.17. The summed E-state index contributed by atoms with van der Waals surface area (Å²) < 4.78 is 15.9. The molecule has 0 atom stereocenters. The number of unbranched alkanes of at least 4 members (excludes halogenated alkanes) is 7. The lowest BCUT2D eigenvalue weighted by Gasteiger charge is -2.10. The summed E-state index contributed by atoms with van der Waals surface area (Å²) >= 11 is 0. The molecule has 0 aliphatic carbocycles. The van der Waals surface area contributed by atoms with Gasteiger partial charge in [0.05, 0.1) is 19.1 Å². The number of aromatic hydroxyl groups is 1. The first-order chi connectivity index (χ1) is 12.2. The van der Waals surface area contributed by atoms with Gasteiger partial charge in [0.1, 0.15) is 0 Å². The zero-order valence-corrected chi connectivity index (χ0v) is 15.2. The van der Waals surface area contributed by atoms with Gasteiger partial charge in [-0.1, -0.05) is 57.9 Å². The van der Waals surface area contributed by atoms with E-state index in [1.54, 1.807) is 18.2 Å². The van der Waals surface area contributed by atoms with E-state index in [1.165, 1.54) is 45.6 Å². The van der Waals surface area contributed by atoms with E-state index in [0.717, 1.165) is 12.8 Å². The maximum absolute atomic E-state index is 12.1. The van der Waals surface area contributed by atoms with Crippen LogP contribution in [0.15, 0.2) is 27.4 Å². The summed E-state index contributed by atoms with van der Waals surface area (Å²) in [5, 5.41) is 10.7. The molecule has 0 aliphatic heterocycles. The molecule has 0 amide bonds. The van der Waals surface area contributed by atoms with Crippen molar-refractivity contribution in [1.82, 2.24) is 0 Å². The molecule has 138 valence electrons. The molecule has 1 aromatic carbocycles. The number of methoxy groups -OCH3 is 1. The second kappa shape index (κ2) is 9.97. The van der Waals surface area contributed by atoms with E-state index in [2.05, 4.69) is 6.92 Å². The Bertz CT molecular complexity index is 720. The third-order valence-electron chi connectivity index (χ3n) is 4.29. The fraction of sp³-hybridized carbons (Fsp3) is 0.550. The molecular formula is C20H28O5. The summed E-state index contributed by atoms with van der Waals surface area (Å²) in [7, 11) is 1.48. The van der Waals surface area contributed by atoms with Crippen LogP contribution >= 0.6 is 0 Å². The Kier molecular flexibility index (Phi) is 7.64. The van der Waals surface area contributed by atoms with Crippen molar-refractivity contribution in [1.29, 1.82) is 0 Å². The Balaban J connectivity index is 1.88. The summed E-state index contributed by atoms with van der Waals surface area (Å²) in [6, 6.07) is 5.06. The minimum Gasteiger partial charge on any atom is -0.504 e. The van der Waals surface area contributed by atoms with Gasteiger partial charge in [0, 0.05) is 0 Å². The molecule has 2 rings (SSSR count). The normalized spacial score (nSPS) is 11.0. The molecule has 2 aromatic rings. The van der Waals surface area contributed by atoms with E-state index >= 15 is 0 Å². The fourth-order valence-electron chi connectivity index (χ4n) is 2.86. The third kappa shape index (κ3) is 5.15. The molecule has 0 unspecified atom stereocenters. The quantitative estimate of drug-likeness (QED) is 0.456. The zero-order valence-electron chi connectivity index (χ0n) is 15.2. The summed E-state index contributed by atoms with van der Waals surface area (Å²) in [6.45, 7) is 2.61. The first-order valence-electron chi connectivity index (χ1n) is 9.14. The van der Waals surface area contributed by atoms with Crippen LogP contribution in [0, 0.1) is 0 Å². The number of benzene rings is 1. The lowest BCUT2D eigenvalue weighted by molar-refractivity contribution is 0.275. The van der Waals surface area contributed by atoms with Crippen LogP contribution in [0.3, 0.4) is 0 Å². The molecule has 0 bridgehead atoms. The Morgan fingerprint density at radius 2 is 1.72 bits per heavy atom. The minimum atomic E-state index is -0.686. The molecule has 0 spiro atoms. The molecule has 1 aromatic heterocycles. The van der Waals surface area contributed by atoms with E-state index < -0.39 is 5.63 Å². The minimum absolute atomic E-state index is 0.122. The molecule has 0 aliphatic rings. The number of hydrogen-bond donors (Lipinski definition) is 1. The summed E-state index contributed by atoms with van der Waals surface area (Å²) in [5.41, 5.74) is -0.457. The first kappa shape index (κ1) is 19.2. The lowest BCUT2D eigenvalue weighted by atomic mass is 10.1. The molecule has 0 saturated carbocycles. The number of fused-ring (bicyclic) bond motifs is 1. The maximum atomic E-state index is 12.1. The highest BCUT2D eigenvalue weighted by atomic mass is 16.5. The Morgan fingerprint density at radius 3 is 2.40 bits per heavy atom. The predicted molar refractivity (Wildman–Crippen MR) is 98.8 cm³/mol. The van der Waals surface area contributed by atoms with Gasteiger partial charge in [-0.2, -0.15) is 0 Å². The maximum Gasteiger partial charge on any atom is 0.383 e. The molecule has 1 N–H and O–H groups in total. The van der Waals surface area contributed by atoms with Crippen LogP contribution in [0.1, 0.15) is 58.3 Å². The average molecular weight is 348 g/mol. The van der Waals surface area contributed by atoms with Crippen LogP contribution in [-0.2, 0) is 0 Å². The van der Waals surface area contributed by atoms with Gasteiger partial charge >= 0.3 is 5.63 Å². The Morgan fingerprint density at radius 1 is 1.04 bits per heavy atom. The predicted octanol–water partition coefficient (Wildman–Crippen LogP) is 5.03. The van der Waals surface area contributed by atoms with E-state index in [4.69, 9.17) is 13.9 Å². The van der Waals surface area contributed by atoms with Crippen molar-refractivity contribution in [2.75, 3.05) is 13.7 Å². The summed E-state index contributed by atoms with van der Waals surface area (Å²) in [5.74, 6) is 0.0907. The van der Waals surface area contributed by atoms with E-state index in [1.807, 2.05) is 0 Å². The van der Waals surface area contributed by atoms with Crippen LogP contribution in [0.2, 0.25) is 0 Å². The van der Waals surface area contributed by atoms with Crippen molar-refractivity contribution in [2.24, 2.45) is 0 Å². The number of para-hydroxylation sites is 1. The lowest BCUT2D eigenvalue weighted by Crippen LogP contribution is -2.09. The molecule has 5 nitrogen and oxygen atoms in total. The van der Waals surface area contributed by atoms with E-state index in [-0.39, 0.29) is 17.1 Å². The van der Waals surface area contributed by atoms with Gasteiger partial charge in [-0.25, -0.2) is 4.79 Å². The van der Waals surface area contributed by atoms with Crippen molar-refractivity contribution < 1.29 is 19.0 Å². The smallest absolute Gasteiger partial charge is 0.383 e. The fourth-order valence-corrected chi connectivity index (χ4v) is 2.86. The van der Waals surface area contributed by atoms with Gasteiger partial charge in [0.2, 0.25) is 5.75 Å². The highest BCUT2D eigenvalue weighted by molar-refractivity contribution is 5.89. The highest BCUT2D eigenvalue weighted by Crippen LogP contribution is 2.35.